The van der Waals surface area contributed by atoms with Crippen molar-refractivity contribution in [3.8, 4) is 5.75 Å². The minimum Gasteiger partial charge on any atom is -0.405 e. The monoisotopic (exact) mass is 208 g/mol. The molecule has 1 rings (SSSR count). The Balaban J connectivity index is 2.99. The summed E-state index contributed by atoms with van der Waals surface area (Å²) in [6, 6.07) is 3.10. The summed E-state index contributed by atoms with van der Waals surface area (Å²) in [7, 11) is 0. The summed E-state index contributed by atoms with van der Waals surface area (Å²) in [5.74, 6) is -1.22. The van der Waals surface area contributed by atoms with E-state index in [1.165, 1.54) is 6.07 Å². The molecule has 0 aliphatic carbocycles. The standard InChI is InChI=1S/C9H8F4O/c1-2-6-3-4-7(10)5-8(6)14-9(11,12)13/h3-5H,2H2,1H3. The Labute approximate surface area is 78.3 Å². The van der Waals surface area contributed by atoms with Gasteiger partial charge in [0.05, 0.1) is 0 Å². The molecule has 0 saturated heterocycles. The second kappa shape index (κ2) is 3.86. The van der Waals surface area contributed by atoms with Crippen LogP contribution in [-0.4, -0.2) is 6.36 Å². The van der Waals surface area contributed by atoms with Crippen molar-refractivity contribution in [2.24, 2.45) is 0 Å². The summed E-state index contributed by atoms with van der Waals surface area (Å²) >= 11 is 0. The first-order valence-corrected chi connectivity index (χ1v) is 3.96. The van der Waals surface area contributed by atoms with Crippen LogP contribution in [0.5, 0.6) is 5.75 Å². The maximum absolute atomic E-state index is 12.6. The van der Waals surface area contributed by atoms with Gasteiger partial charge in [0.1, 0.15) is 11.6 Å². The third kappa shape index (κ3) is 2.90. The number of rotatable bonds is 2. The van der Waals surface area contributed by atoms with Gasteiger partial charge < -0.3 is 4.74 Å². The van der Waals surface area contributed by atoms with Crippen LogP contribution in [0.3, 0.4) is 0 Å². The Morgan fingerprint density at radius 3 is 2.43 bits per heavy atom. The molecule has 1 aromatic carbocycles. The molecule has 0 bridgehead atoms. The molecule has 0 aliphatic rings. The summed E-state index contributed by atoms with van der Waals surface area (Å²) in [6.07, 6.45) is -4.43. The first-order chi connectivity index (χ1) is 6.42. The van der Waals surface area contributed by atoms with Gasteiger partial charge in [0.25, 0.3) is 0 Å². The fourth-order valence-corrected chi connectivity index (χ4v) is 1.04. The minimum atomic E-state index is -4.78. The highest BCUT2D eigenvalue weighted by Crippen LogP contribution is 2.27. The average molecular weight is 208 g/mol. The van der Waals surface area contributed by atoms with E-state index in [0.29, 0.717) is 12.0 Å². The summed E-state index contributed by atoms with van der Waals surface area (Å²) in [6.45, 7) is 1.66. The zero-order valence-electron chi connectivity index (χ0n) is 7.36. The van der Waals surface area contributed by atoms with Gasteiger partial charge in [-0.25, -0.2) is 4.39 Å². The van der Waals surface area contributed by atoms with Crippen molar-refractivity contribution in [3.63, 3.8) is 0 Å². The zero-order valence-corrected chi connectivity index (χ0v) is 7.36. The predicted octanol–water partition coefficient (Wildman–Crippen LogP) is 3.29. The van der Waals surface area contributed by atoms with Gasteiger partial charge in [-0.15, -0.1) is 13.2 Å². The molecule has 0 saturated carbocycles. The third-order valence-electron chi connectivity index (χ3n) is 1.64. The second-order valence-electron chi connectivity index (χ2n) is 2.65. The first kappa shape index (κ1) is 10.8. The number of aryl methyl sites for hydroxylation is 1. The van der Waals surface area contributed by atoms with E-state index in [2.05, 4.69) is 4.74 Å². The van der Waals surface area contributed by atoms with Crippen molar-refractivity contribution in [1.29, 1.82) is 0 Å². The lowest BCUT2D eigenvalue weighted by atomic mass is 10.1. The van der Waals surface area contributed by atoms with Gasteiger partial charge in [-0.05, 0) is 18.1 Å². The molecule has 5 heteroatoms. The maximum Gasteiger partial charge on any atom is 0.573 e. The van der Waals surface area contributed by atoms with Gasteiger partial charge in [-0.1, -0.05) is 13.0 Å². The summed E-state index contributed by atoms with van der Waals surface area (Å²) in [5.41, 5.74) is 0.323. The van der Waals surface area contributed by atoms with Crippen molar-refractivity contribution in [2.45, 2.75) is 19.7 Å². The molecule has 0 fully saturated rings. The highest BCUT2D eigenvalue weighted by molar-refractivity contribution is 5.34. The Hall–Kier alpha value is -1.26. The van der Waals surface area contributed by atoms with Crippen molar-refractivity contribution in [1.82, 2.24) is 0 Å². The molecule has 0 aromatic heterocycles. The van der Waals surface area contributed by atoms with Crippen molar-refractivity contribution >= 4 is 0 Å². The SMILES string of the molecule is CCc1ccc(F)cc1OC(F)(F)F. The Bertz CT molecular complexity index is 319. The van der Waals surface area contributed by atoms with Gasteiger partial charge >= 0.3 is 6.36 Å². The molecule has 1 aromatic rings. The van der Waals surface area contributed by atoms with E-state index in [1.807, 2.05) is 0 Å². The fraction of sp³-hybridized carbons (Fsp3) is 0.333. The highest BCUT2D eigenvalue weighted by Gasteiger charge is 2.32. The topological polar surface area (TPSA) is 9.23 Å². The van der Waals surface area contributed by atoms with Crippen LogP contribution < -0.4 is 4.74 Å². The lowest BCUT2D eigenvalue weighted by molar-refractivity contribution is -0.274. The molecule has 0 heterocycles. The minimum absolute atomic E-state index is 0.323. The van der Waals surface area contributed by atoms with E-state index in [1.54, 1.807) is 6.92 Å². The van der Waals surface area contributed by atoms with E-state index in [0.717, 1.165) is 12.1 Å². The van der Waals surface area contributed by atoms with Crippen LogP contribution in [0.15, 0.2) is 18.2 Å². The van der Waals surface area contributed by atoms with Crippen molar-refractivity contribution in [3.05, 3.63) is 29.6 Å². The number of alkyl halides is 3. The smallest absolute Gasteiger partial charge is 0.405 e. The largest absolute Gasteiger partial charge is 0.573 e. The van der Waals surface area contributed by atoms with E-state index in [4.69, 9.17) is 0 Å². The fourth-order valence-electron chi connectivity index (χ4n) is 1.04. The molecule has 78 valence electrons. The second-order valence-corrected chi connectivity index (χ2v) is 2.65. The number of halogens is 4. The van der Waals surface area contributed by atoms with Crippen LogP contribution in [0.1, 0.15) is 12.5 Å². The summed E-state index contributed by atoms with van der Waals surface area (Å²) < 4.78 is 51.8. The predicted molar refractivity (Wildman–Crippen MR) is 42.5 cm³/mol. The maximum atomic E-state index is 12.6. The summed E-state index contributed by atoms with van der Waals surface area (Å²) in [4.78, 5) is 0. The summed E-state index contributed by atoms with van der Waals surface area (Å²) in [5, 5.41) is 0. The molecular weight excluding hydrogens is 200 g/mol. The van der Waals surface area contributed by atoms with E-state index in [9.17, 15) is 17.6 Å². The third-order valence-corrected chi connectivity index (χ3v) is 1.64. The number of benzene rings is 1. The molecule has 1 nitrogen and oxygen atoms in total. The van der Waals surface area contributed by atoms with Gasteiger partial charge in [0, 0.05) is 6.07 Å². The zero-order chi connectivity index (χ0) is 10.8. The van der Waals surface area contributed by atoms with Crippen LogP contribution in [-0.2, 0) is 6.42 Å². The molecule has 0 N–H and O–H groups in total. The van der Waals surface area contributed by atoms with Gasteiger partial charge in [0.15, 0.2) is 0 Å². The molecule has 0 radical (unpaired) electrons. The van der Waals surface area contributed by atoms with Gasteiger partial charge in [-0.2, -0.15) is 0 Å². The van der Waals surface area contributed by atoms with Crippen LogP contribution in [0.2, 0.25) is 0 Å². The van der Waals surface area contributed by atoms with Gasteiger partial charge in [-0.3, -0.25) is 0 Å². The van der Waals surface area contributed by atoms with Crippen LogP contribution in [0.4, 0.5) is 17.6 Å². The van der Waals surface area contributed by atoms with E-state index in [-0.39, 0.29) is 0 Å². The highest BCUT2D eigenvalue weighted by atomic mass is 19.4. The van der Waals surface area contributed by atoms with E-state index < -0.39 is 17.9 Å². The van der Waals surface area contributed by atoms with E-state index >= 15 is 0 Å². The molecule has 0 unspecified atom stereocenters. The first-order valence-electron chi connectivity index (χ1n) is 3.96. The normalized spacial score (nSPS) is 11.5. The Morgan fingerprint density at radius 2 is 1.93 bits per heavy atom. The van der Waals surface area contributed by atoms with Crippen molar-refractivity contribution in [2.75, 3.05) is 0 Å². The number of hydrogen-bond donors (Lipinski definition) is 0. The number of hydrogen-bond acceptors (Lipinski definition) is 1. The Kier molecular flexibility index (Phi) is 2.98. The molecule has 0 spiro atoms. The van der Waals surface area contributed by atoms with Gasteiger partial charge in [0.2, 0.25) is 0 Å². The molecular formula is C9H8F4O. The molecule has 14 heavy (non-hydrogen) atoms. The molecule has 0 amide bonds. The number of ether oxygens (including phenoxy) is 1. The lowest BCUT2D eigenvalue weighted by Gasteiger charge is -2.12. The average Bonchev–Trinajstić information content (AvgIpc) is 2.01. The van der Waals surface area contributed by atoms with Crippen molar-refractivity contribution < 1.29 is 22.3 Å². The Morgan fingerprint density at radius 1 is 1.29 bits per heavy atom. The molecule has 0 atom stereocenters. The van der Waals surface area contributed by atoms with Crippen LogP contribution in [0.25, 0.3) is 0 Å². The molecule has 0 aliphatic heterocycles. The quantitative estimate of drug-likeness (QED) is 0.677. The lowest BCUT2D eigenvalue weighted by Crippen LogP contribution is -2.18. The van der Waals surface area contributed by atoms with Crippen LogP contribution in [0, 0.1) is 5.82 Å². The van der Waals surface area contributed by atoms with Crippen LogP contribution >= 0.6 is 0 Å².